The fourth-order valence-electron chi connectivity index (χ4n) is 2.85. The second kappa shape index (κ2) is 6.26. The molecule has 112 valence electrons. The first-order valence-electron chi connectivity index (χ1n) is 7.61. The number of amides is 1. The van der Waals surface area contributed by atoms with E-state index < -0.39 is 0 Å². The number of anilines is 1. The number of aromatic nitrogens is 1. The first kappa shape index (κ1) is 14.1. The number of piperidine rings is 1. The Morgan fingerprint density at radius 1 is 1.29 bits per heavy atom. The molecular formula is C16H22N4O. The van der Waals surface area contributed by atoms with Crippen LogP contribution in [0.3, 0.4) is 0 Å². The van der Waals surface area contributed by atoms with Gasteiger partial charge < -0.3 is 15.1 Å². The first-order chi connectivity index (χ1) is 10.2. The molecule has 3 rings (SSSR count). The van der Waals surface area contributed by atoms with Crippen molar-refractivity contribution >= 4 is 17.7 Å². The van der Waals surface area contributed by atoms with E-state index in [0.29, 0.717) is 0 Å². The smallest absolute Gasteiger partial charge is 0.247 e. The zero-order valence-corrected chi connectivity index (χ0v) is 12.5. The summed E-state index contributed by atoms with van der Waals surface area (Å²) in [7, 11) is 2.15. The summed E-state index contributed by atoms with van der Waals surface area (Å²) in [5.41, 5.74) is 2.89. The maximum Gasteiger partial charge on any atom is 0.247 e. The molecule has 21 heavy (non-hydrogen) atoms. The van der Waals surface area contributed by atoms with Crippen molar-refractivity contribution < 1.29 is 4.79 Å². The Kier molecular flexibility index (Phi) is 4.20. The fourth-order valence-corrected chi connectivity index (χ4v) is 2.85. The summed E-state index contributed by atoms with van der Waals surface area (Å²) >= 11 is 0. The van der Waals surface area contributed by atoms with E-state index in [-0.39, 0.29) is 5.91 Å². The Morgan fingerprint density at radius 3 is 2.86 bits per heavy atom. The molecule has 2 aliphatic heterocycles. The molecule has 2 saturated heterocycles. The van der Waals surface area contributed by atoms with Gasteiger partial charge in [-0.05, 0) is 38.1 Å². The number of carbonyl (C=O) groups is 1. The Hall–Kier alpha value is -1.88. The van der Waals surface area contributed by atoms with Crippen LogP contribution in [0.1, 0.15) is 18.5 Å². The molecule has 0 spiro atoms. The summed E-state index contributed by atoms with van der Waals surface area (Å²) in [6, 6.07) is 4.07. The summed E-state index contributed by atoms with van der Waals surface area (Å²) in [4.78, 5) is 21.1. The fraction of sp³-hybridized carbons (Fsp3) is 0.500. The number of carbonyl (C=O) groups excluding carboxylic acids is 1. The van der Waals surface area contributed by atoms with Gasteiger partial charge in [0.15, 0.2) is 0 Å². The maximum absolute atomic E-state index is 11.9. The zero-order valence-electron chi connectivity index (χ0n) is 12.5. The van der Waals surface area contributed by atoms with E-state index in [1.807, 2.05) is 12.1 Å². The first-order valence-corrected chi connectivity index (χ1v) is 7.61. The number of piperazine rings is 1. The number of nitrogens with zero attached hydrogens (tertiary/aromatic N) is 3. The standard InChI is InChI=1S/C16H22N4O/c1-19-8-10-20(11-9-19)15-5-3-6-17-14(15)12-13-4-2-7-18-16(13)21/h3,5-6,12H,2,4,7-11H2,1H3,(H,18,21)/b13-12-. The predicted octanol–water partition coefficient (Wildman–Crippen LogP) is 1.13. The summed E-state index contributed by atoms with van der Waals surface area (Å²) in [5, 5.41) is 2.90. The van der Waals surface area contributed by atoms with Crippen molar-refractivity contribution in [3.8, 4) is 0 Å². The van der Waals surface area contributed by atoms with Gasteiger partial charge >= 0.3 is 0 Å². The average molecular weight is 286 g/mol. The van der Waals surface area contributed by atoms with E-state index in [1.54, 1.807) is 6.20 Å². The lowest BCUT2D eigenvalue weighted by atomic mass is 10.0. The van der Waals surface area contributed by atoms with Crippen LogP contribution in [-0.2, 0) is 4.79 Å². The van der Waals surface area contributed by atoms with Crippen LogP contribution in [0.15, 0.2) is 23.9 Å². The van der Waals surface area contributed by atoms with Gasteiger partial charge in [-0.15, -0.1) is 0 Å². The molecule has 0 radical (unpaired) electrons. The summed E-state index contributed by atoms with van der Waals surface area (Å²) in [6.07, 6.45) is 5.60. The lowest BCUT2D eigenvalue weighted by Crippen LogP contribution is -2.44. The minimum absolute atomic E-state index is 0.0521. The lowest BCUT2D eigenvalue weighted by molar-refractivity contribution is -0.118. The van der Waals surface area contributed by atoms with Crippen LogP contribution in [0, 0.1) is 0 Å². The molecule has 5 heteroatoms. The van der Waals surface area contributed by atoms with Crippen molar-refractivity contribution in [1.29, 1.82) is 0 Å². The van der Waals surface area contributed by atoms with Crippen LogP contribution < -0.4 is 10.2 Å². The minimum Gasteiger partial charge on any atom is -0.367 e. The summed E-state index contributed by atoms with van der Waals surface area (Å²) in [6.45, 7) is 4.91. The zero-order chi connectivity index (χ0) is 14.7. The highest BCUT2D eigenvalue weighted by Gasteiger charge is 2.19. The number of hydrogen-bond donors (Lipinski definition) is 1. The van der Waals surface area contributed by atoms with E-state index in [9.17, 15) is 4.79 Å². The van der Waals surface area contributed by atoms with Crippen molar-refractivity contribution in [2.45, 2.75) is 12.8 Å². The van der Waals surface area contributed by atoms with Gasteiger partial charge in [0.25, 0.3) is 0 Å². The third-order valence-corrected chi connectivity index (χ3v) is 4.17. The van der Waals surface area contributed by atoms with Gasteiger partial charge in [0.1, 0.15) is 0 Å². The molecule has 0 aromatic carbocycles. The highest BCUT2D eigenvalue weighted by atomic mass is 16.1. The minimum atomic E-state index is 0.0521. The van der Waals surface area contributed by atoms with Gasteiger partial charge in [-0.2, -0.15) is 0 Å². The molecule has 0 unspecified atom stereocenters. The Morgan fingerprint density at radius 2 is 2.10 bits per heavy atom. The molecule has 0 aliphatic carbocycles. The van der Waals surface area contributed by atoms with E-state index in [0.717, 1.165) is 62.5 Å². The third kappa shape index (κ3) is 3.24. The molecule has 1 aromatic rings. The molecule has 1 N–H and O–H groups in total. The molecule has 2 fully saturated rings. The van der Waals surface area contributed by atoms with Crippen LogP contribution >= 0.6 is 0 Å². The van der Waals surface area contributed by atoms with Crippen molar-refractivity contribution in [1.82, 2.24) is 15.2 Å². The molecule has 2 aliphatic rings. The van der Waals surface area contributed by atoms with Gasteiger partial charge in [0.05, 0.1) is 11.4 Å². The molecule has 1 aromatic heterocycles. The predicted molar refractivity (Wildman–Crippen MR) is 84.2 cm³/mol. The number of likely N-dealkylation sites (N-methyl/N-ethyl adjacent to an activating group) is 1. The SMILES string of the molecule is CN1CCN(c2cccnc2/C=C2/CCCNC2=O)CC1. The van der Waals surface area contributed by atoms with E-state index in [4.69, 9.17) is 0 Å². The van der Waals surface area contributed by atoms with Crippen molar-refractivity contribution in [2.75, 3.05) is 44.7 Å². The normalized spacial score (nSPS) is 22.4. The number of pyridine rings is 1. The number of rotatable bonds is 2. The largest absolute Gasteiger partial charge is 0.367 e. The van der Waals surface area contributed by atoms with Crippen LogP contribution in [-0.4, -0.2) is 55.6 Å². The monoisotopic (exact) mass is 286 g/mol. The second-order valence-electron chi connectivity index (χ2n) is 5.73. The van der Waals surface area contributed by atoms with Crippen molar-refractivity contribution in [2.24, 2.45) is 0 Å². The molecule has 0 atom stereocenters. The highest BCUT2D eigenvalue weighted by Crippen LogP contribution is 2.23. The van der Waals surface area contributed by atoms with Crippen LogP contribution in [0.4, 0.5) is 5.69 Å². The summed E-state index contributed by atoms with van der Waals surface area (Å²) in [5.74, 6) is 0.0521. The molecule has 0 saturated carbocycles. The van der Waals surface area contributed by atoms with Crippen molar-refractivity contribution in [3.05, 3.63) is 29.6 Å². The number of hydrogen-bond acceptors (Lipinski definition) is 4. The van der Waals surface area contributed by atoms with E-state index >= 15 is 0 Å². The van der Waals surface area contributed by atoms with Crippen LogP contribution in [0.5, 0.6) is 0 Å². The Balaban J connectivity index is 1.85. The lowest BCUT2D eigenvalue weighted by Gasteiger charge is -2.34. The van der Waals surface area contributed by atoms with Gasteiger partial charge in [0.2, 0.25) is 5.91 Å². The van der Waals surface area contributed by atoms with Crippen LogP contribution in [0.2, 0.25) is 0 Å². The highest BCUT2D eigenvalue weighted by molar-refractivity contribution is 5.98. The summed E-state index contributed by atoms with van der Waals surface area (Å²) < 4.78 is 0. The van der Waals surface area contributed by atoms with Gasteiger partial charge in [-0.25, -0.2) is 0 Å². The van der Waals surface area contributed by atoms with Gasteiger partial charge in [0, 0.05) is 44.5 Å². The van der Waals surface area contributed by atoms with Gasteiger partial charge in [-0.1, -0.05) is 0 Å². The quantitative estimate of drug-likeness (QED) is 0.828. The maximum atomic E-state index is 11.9. The van der Waals surface area contributed by atoms with E-state index in [1.165, 1.54) is 0 Å². The second-order valence-corrected chi connectivity index (χ2v) is 5.73. The average Bonchev–Trinajstić information content (AvgIpc) is 2.51. The number of nitrogens with one attached hydrogen (secondary N) is 1. The molecular weight excluding hydrogens is 264 g/mol. The van der Waals surface area contributed by atoms with E-state index in [2.05, 4.69) is 33.2 Å². The Bertz CT molecular complexity index is 547. The van der Waals surface area contributed by atoms with Crippen LogP contribution in [0.25, 0.3) is 6.08 Å². The van der Waals surface area contributed by atoms with Crippen molar-refractivity contribution in [3.63, 3.8) is 0 Å². The Labute approximate surface area is 125 Å². The molecule has 3 heterocycles. The molecule has 1 amide bonds. The topological polar surface area (TPSA) is 48.5 Å². The van der Waals surface area contributed by atoms with Gasteiger partial charge in [-0.3, -0.25) is 9.78 Å². The third-order valence-electron chi connectivity index (χ3n) is 4.17. The molecule has 0 bridgehead atoms. The molecule has 5 nitrogen and oxygen atoms in total.